The first-order chi connectivity index (χ1) is 13.6. The number of benzene rings is 3. The van der Waals surface area contributed by atoms with Gasteiger partial charge >= 0.3 is 0 Å². The lowest BCUT2D eigenvalue weighted by Gasteiger charge is -2.38. The van der Waals surface area contributed by atoms with E-state index in [0.717, 1.165) is 39.0 Å². The van der Waals surface area contributed by atoms with Gasteiger partial charge in [-0.05, 0) is 42.8 Å². The molecule has 0 saturated carbocycles. The van der Waals surface area contributed by atoms with Gasteiger partial charge < -0.3 is 4.74 Å². The molecule has 0 spiro atoms. The van der Waals surface area contributed by atoms with Gasteiger partial charge in [0.2, 0.25) is 6.23 Å². The Morgan fingerprint density at radius 1 is 1.04 bits per heavy atom. The zero-order chi connectivity index (χ0) is 19.3. The third-order valence-corrected chi connectivity index (χ3v) is 6.06. The molecule has 140 valence electrons. The molecule has 0 aliphatic carbocycles. The van der Waals surface area contributed by atoms with E-state index < -0.39 is 0 Å². The van der Waals surface area contributed by atoms with Crippen molar-refractivity contribution in [3.8, 4) is 5.75 Å². The molecule has 0 N–H and O–H groups in total. The number of fused-ring (bicyclic) bond motifs is 3. The van der Waals surface area contributed by atoms with Crippen molar-refractivity contribution in [3.63, 3.8) is 0 Å². The highest BCUT2D eigenvalue weighted by Gasteiger charge is 2.41. The molecule has 0 bridgehead atoms. The summed E-state index contributed by atoms with van der Waals surface area (Å²) in [5.41, 5.74) is 5.60. The van der Waals surface area contributed by atoms with E-state index >= 15 is 0 Å². The Labute approximate surface area is 177 Å². The SMILES string of the molecule is Cc1ccc([C@@H]2Oc3ccc(Cl)cc3[C@@H]3CC(c4ccc(Br)cc4)=NN32)cc1. The van der Waals surface area contributed by atoms with Gasteiger partial charge in [0, 0.05) is 27.0 Å². The maximum absolute atomic E-state index is 6.38. The number of ether oxygens (including phenoxy) is 1. The van der Waals surface area contributed by atoms with Gasteiger partial charge in [-0.1, -0.05) is 69.5 Å². The Bertz CT molecular complexity index is 1060. The monoisotopic (exact) mass is 452 g/mol. The molecule has 0 fully saturated rings. The minimum atomic E-state index is -0.257. The molecular weight excluding hydrogens is 436 g/mol. The maximum atomic E-state index is 6.38. The predicted molar refractivity (Wildman–Crippen MR) is 116 cm³/mol. The van der Waals surface area contributed by atoms with E-state index in [9.17, 15) is 0 Å². The van der Waals surface area contributed by atoms with Crippen molar-refractivity contribution < 1.29 is 4.74 Å². The van der Waals surface area contributed by atoms with Gasteiger partial charge in [-0.15, -0.1) is 0 Å². The first kappa shape index (κ1) is 17.8. The van der Waals surface area contributed by atoms with Crippen molar-refractivity contribution in [1.29, 1.82) is 0 Å². The van der Waals surface area contributed by atoms with Crippen LogP contribution in [-0.4, -0.2) is 10.7 Å². The fourth-order valence-corrected chi connectivity index (χ4v) is 4.27. The molecular formula is C23H18BrClN2O. The van der Waals surface area contributed by atoms with Crippen LogP contribution in [0.2, 0.25) is 5.02 Å². The van der Waals surface area contributed by atoms with Crippen LogP contribution in [-0.2, 0) is 0 Å². The number of hydrogen-bond acceptors (Lipinski definition) is 3. The van der Waals surface area contributed by atoms with Gasteiger partial charge in [-0.25, -0.2) is 5.01 Å². The third-order valence-electron chi connectivity index (χ3n) is 5.29. The van der Waals surface area contributed by atoms with Gasteiger partial charge in [0.05, 0.1) is 11.8 Å². The van der Waals surface area contributed by atoms with Crippen LogP contribution in [0.1, 0.15) is 40.9 Å². The molecule has 2 aliphatic rings. The maximum Gasteiger partial charge on any atom is 0.213 e. The summed E-state index contributed by atoms with van der Waals surface area (Å²) < 4.78 is 7.44. The van der Waals surface area contributed by atoms with Crippen molar-refractivity contribution in [1.82, 2.24) is 5.01 Å². The minimum Gasteiger partial charge on any atom is -0.464 e. The fraction of sp³-hybridized carbons (Fsp3) is 0.174. The van der Waals surface area contributed by atoms with Crippen molar-refractivity contribution in [2.75, 3.05) is 0 Å². The number of halogens is 2. The third kappa shape index (κ3) is 3.11. The highest BCUT2D eigenvalue weighted by Crippen LogP contribution is 2.48. The topological polar surface area (TPSA) is 24.8 Å². The van der Waals surface area contributed by atoms with Crippen molar-refractivity contribution in [2.24, 2.45) is 5.10 Å². The standard InChI is InChI=1S/C23H18BrClN2O/c1-14-2-4-16(5-3-14)23-27-21(19-12-18(25)10-11-22(19)28-23)13-20(26-27)15-6-8-17(24)9-7-15/h2-12,21,23H,13H2,1H3/t21-,23-/m0/s1. The summed E-state index contributed by atoms with van der Waals surface area (Å²) in [4.78, 5) is 0. The minimum absolute atomic E-state index is 0.104. The van der Waals surface area contributed by atoms with Crippen LogP contribution in [0.3, 0.4) is 0 Å². The summed E-state index contributed by atoms with van der Waals surface area (Å²) in [6.07, 6.45) is 0.563. The second-order valence-corrected chi connectivity index (χ2v) is 8.57. The zero-order valence-electron chi connectivity index (χ0n) is 15.3. The molecule has 0 radical (unpaired) electrons. The van der Waals surface area contributed by atoms with Gasteiger partial charge in [-0.3, -0.25) is 0 Å². The molecule has 3 aromatic rings. The number of hydrogen-bond donors (Lipinski definition) is 0. The first-order valence-corrected chi connectivity index (χ1v) is 10.4. The Morgan fingerprint density at radius 3 is 2.54 bits per heavy atom. The van der Waals surface area contributed by atoms with Gasteiger partial charge in [0.15, 0.2) is 0 Å². The lowest BCUT2D eigenvalue weighted by Crippen LogP contribution is -2.33. The van der Waals surface area contributed by atoms with Crippen molar-refractivity contribution >= 4 is 33.2 Å². The summed E-state index contributed by atoms with van der Waals surface area (Å²) in [6.45, 7) is 2.09. The van der Waals surface area contributed by atoms with E-state index in [1.165, 1.54) is 5.56 Å². The average Bonchev–Trinajstić information content (AvgIpc) is 3.14. The smallest absolute Gasteiger partial charge is 0.213 e. The summed E-state index contributed by atoms with van der Waals surface area (Å²) in [6, 6.07) is 22.7. The van der Waals surface area contributed by atoms with Crippen molar-refractivity contribution in [3.05, 3.63) is 98.5 Å². The van der Waals surface area contributed by atoms with Crippen LogP contribution in [0.15, 0.2) is 76.3 Å². The normalized spacial score (nSPS) is 20.2. The molecule has 2 atom stereocenters. The molecule has 2 heterocycles. The lowest BCUT2D eigenvalue weighted by atomic mass is 9.96. The van der Waals surface area contributed by atoms with Crippen LogP contribution in [0.5, 0.6) is 5.75 Å². The van der Waals surface area contributed by atoms with E-state index in [0.29, 0.717) is 5.02 Å². The number of aryl methyl sites for hydroxylation is 1. The van der Waals surface area contributed by atoms with E-state index in [1.807, 2.05) is 30.3 Å². The lowest BCUT2D eigenvalue weighted by molar-refractivity contribution is -0.0190. The van der Waals surface area contributed by atoms with Gasteiger partial charge in [0.1, 0.15) is 5.75 Å². The molecule has 0 saturated heterocycles. The Hall–Kier alpha value is -2.30. The zero-order valence-corrected chi connectivity index (χ0v) is 17.6. The predicted octanol–water partition coefficient (Wildman–Crippen LogP) is 6.65. The van der Waals surface area contributed by atoms with E-state index in [-0.39, 0.29) is 12.3 Å². The van der Waals surface area contributed by atoms with Crippen LogP contribution < -0.4 is 4.74 Å². The molecule has 0 amide bonds. The van der Waals surface area contributed by atoms with Crippen LogP contribution in [0.25, 0.3) is 0 Å². The van der Waals surface area contributed by atoms with E-state index in [2.05, 4.69) is 64.3 Å². The molecule has 2 aliphatic heterocycles. The molecule has 5 heteroatoms. The molecule has 28 heavy (non-hydrogen) atoms. The Kier molecular flexibility index (Phi) is 4.41. The number of nitrogens with zero attached hydrogens (tertiary/aromatic N) is 2. The van der Waals surface area contributed by atoms with Gasteiger partial charge in [0.25, 0.3) is 0 Å². The van der Waals surface area contributed by atoms with Gasteiger partial charge in [-0.2, -0.15) is 5.10 Å². The number of rotatable bonds is 2. The van der Waals surface area contributed by atoms with Crippen LogP contribution in [0, 0.1) is 6.92 Å². The summed E-state index contributed by atoms with van der Waals surface area (Å²) in [5, 5.41) is 7.79. The second-order valence-electron chi connectivity index (χ2n) is 7.22. The summed E-state index contributed by atoms with van der Waals surface area (Å²) >= 11 is 9.80. The molecule has 0 unspecified atom stereocenters. The molecule has 0 aromatic heterocycles. The Morgan fingerprint density at radius 2 is 1.79 bits per heavy atom. The average molecular weight is 454 g/mol. The van der Waals surface area contributed by atoms with Crippen LogP contribution in [0.4, 0.5) is 0 Å². The quantitative estimate of drug-likeness (QED) is 0.434. The summed E-state index contributed by atoms with van der Waals surface area (Å²) in [7, 11) is 0. The molecule has 5 rings (SSSR count). The fourth-order valence-electron chi connectivity index (χ4n) is 3.83. The number of hydrazone groups is 1. The summed E-state index contributed by atoms with van der Waals surface area (Å²) in [5.74, 6) is 0.878. The highest BCUT2D eigenvalue weighted by molar-refractivity contribution is 9.10. The molecule has 3 nitrogen and oxygen atoms in total. The molecule has 3 aromatic carbocycles. The largest absolute Gasteiger partial charge is 0.464 e. The van der Waals surface area contributed by atoms with E-state index in [4.69, 9.17) is 21.4 Å². The highest BCUT2D eigenvalue weighted by atomic mass is 79.9. The van der Waals surface area contributed by atoms with Crippen LogP contribution >= 0.6 is 27.5 Å². The van der Waals surface area contributed by atoms with Crippen molar-refractivity contribution in [2.45, 2.75) is 25.6 Å². The van der Waals surface area contributed by atoms with E-state index in [1.54, 1.807) is 0 Å². The first-order valence-electron chi connectivity index (χ1n) is 9.23. The Balaban J connectivity index is 1.59. The second kappa shape index (κ2) is 6.94.